The Morgan fingerprint density at radius 3 is 2.48 bits per heavy atom. The van der Waals surface area contributed by atoms with Crippen molar-refractivity contribution >= 4 is 35.2 Å². The van der Waals surface area contributed by atoms with Crippen LogP contribution in [0.3, 0.4) is 0 Å². The van der Waals surface area contributed by atoms with Gasteiger partial charge in [0.1, 0.15) is 0 Å². The van der Waals surface area contributed by atoms with Crippen LogP contribution in [0, 0.1) is 0 Å². The Labute approximate surface area is 127 Å². The van der Waals surface area contributed by atoms with Crippen LogP contribution in [0.15, 0.2) is 54.6 Å². The molecule has 0 bridgehead atoms. The van der Waals surface area contributed by atoms with Gasteiger partial charge in [0.2, 0.25) is 11.8 Å². The molecule has 0 aliphatic rings. The van der Waals surface area contributed by atoms with Gasteiger partial charge in [-0.1, -0.05) is 29.8 Å². The van der Waals surface area contributed by atoms with Crippen LogP contribution in [0.2, 0.25) is 5.02 Å². The first-order valence-corrected chi connectivity index (χ1v) is 6.57. The molecule has 0 radical (unpaired) electrons. The molecule has 0 saturated heterocycles. The zero-order valence-corrected chi connectivity index (χ0v) is 11.8. The van der Waals surface area contributed by atoms with Crippen molar-refractivity contribution in [1.82, 2.24) is 0 Å². The number of amides is 2. The van der Waals surface area contributed by atoms with Crippen molar-refractivity contribution in [3.05, 3.63) is 70.8 Å². The summed E-state index contributed by atoms with van der Waals surface area (Å²) in [7, 11) is 0. The van der Waals surface area contributed by atoms with E-state index in [9.17, 15) is 9.59 Å². The van der Waals surface area contributed by atoms with Crippen molar-refractivity contribution in [2.24, 2.45) is 5.73 Å². The standard InChI is InChI=1S/C16H13ClN2O2/c17-13-7-4-11(5-8-13)6-9-15(20)19-14-3-1-2-12(10-14)16(18)21/h1-10H,(H2,18,21)(H,19,20). The maximum absolute atomic E-state index is 11.8. The van der Waals surface area contributed by atoms with Gasteiger partial charge in [0.25, 0.3) is 0 Å². The van der Waals surface area contributed by atoms with E-state index in [2.05, 4.69) is 5.32 Å². The van der Waals surface area contributed by atoms with Gasteiger partial charge in [-0.2, -0.15) is 0 Å². The smallest absolute Gasteiger partial charge is 0.248 e. The summed E-state index contributed by atoms with van der Waals surface area (Å²) in [6, 6.07) is 13.5. The predicted molar refractivity (Wildman–Crippen MR) is 84.1 cm³/mol. The summed E-state index contributed by atoms with van der Waals surface area (Å²) >= 11 is 5.78. The summed E-state index contributed by atoms with van der Waals surface area (Å²) in [4.78, 5) is 22.9. The van der Waals surface area contributed by atoms with E-state index in [-0.39, 0.29) is 5.91 Å². The Hall–Kier alpha value is -2.59. The van der Waals surface area contributed by atoms with Crippen molar-refractivity contribution in [2.45, 2.75) is 0 Å². The lowest BCUT2D eigenvalue weighted by Gasteiger charge is -2.03. The highest BCUT2D eigenvalue weighted by atomic mass is 35.5. The maximum Gasteiger partial charge on any atom is 0.248 e. The Kier molecular flexibility index (Phi) is 4.74. The first-order chi connectivity index (χ1) is 10.0. The number of anilines is 1. The molecule has 0 fully saturated rings. The van der Waals surface area contributed by atoms with Crippen molar-refractivity contribution in [1.29, 1.82) is 0 Å². The third-order valence-electron chi connectivity index (χ3n) is 2.71. The second kappa shape index (κ2) is 6.72. The highest BCUT2D eigenvalue weighted by Crippen LogP contribution is 2.12. The molecule has 106 valence electrons. The van der Waals surface area contributed by atoms with Gasteiger partial charge in [-0.05, 0) is 42.0 Å². The number of rotatable bonds is 4. The number of carbonyl (C=O) groups is 2. The van der Waals surface area contributed by atoms with Gasteiger partial charge in [0, 0.05) is 22.3 Å². The SMILES string of the molecule is NC(=O)c1cccc(NC(=O)C=Cc2ccc(Cl)cc2)c1. The third kappa shape index (κ3) is 4.47. The fourth-order valence-electron chi connectivity index (χ4n) is 1.68. The minimum absolute atomic E-state index is 0.299. The van der Waals surface area contributed by atoms with E-state index in [0.29, 0.717) is 16.3 Å². The third-order valence-corrected chi connectivity index (χ3v) is 2.96. The molecular formula is C16H13ClN2O2. The molecule has 21 heavy (non-hydrogen) atoms. The number of carbonyl (C=O) groups excluding carboxylic acids is 2. The molecule has 4 nitrogen and oxygen atoms in total. The zero-order valence-electron chi connectivity index (χ0n) is 11.0. The van der Waals surface area contributed by atoms with Gasteiger partial charge < -0.3 is 11.1 Å². The Morgan fingerprint density at radius 2 is 1.81 bits per heavy atom. The summed E-state index contributed by atoms with van der Waals surface area (Å²) in [6.07, 6.45) is 3.07. The van der Waals surface area contributed by atoms with Crippen molar-refractivity contribution in [2.75, 3.05) is 5.32 Å². The van der Waals surface area contributed by atoms with Crippen LogP contribution in [0.5, 0.6) is 0 Å². The molecular weight excluding hydrogens is 288 g/mol. The van der Waals surface area contributed by atoms with Crippen molar-refractivity contribution in [3.8, 4) is 0 Å². The lowest BCUT2D eigenvalue weighted by molar-refractivity contribution is -0.111. The Balaban J connectivity index is 2.03. The lowest BCUT2D eigenvalue weighted by atomic mass is 10.2. The van der Waals surface area contributed by atoms with Gasteiger partial charge in [-0.15, -0.1) is 0 Å². The fraction of sp³-hybridized carbons (Fsp3) is 0. The van der Waals surface area contributed by atoms with E-state index in [1.54, 1.807) is 48.5 Å². The number of benzene rings is 2. The highest BCUT2D eigenvalue weighted by Gasteiger charge is 2.03. The Morgan fingerprint density at radius 1 is 1.10 bits per heavy atom. The molecule has 0 spiro atoms. The first kappa shape index (κ1) is 14.8. The molecule has 0 saturated carbocycles. The molecule has 0 atom stereocenters. The minimum Gasteiger partial charge on any atom is -0.366 e. The quantitative estimate of drug-likeness (QED) is 0.852. The number of nitrogens with one attached hydrogen (secondary N) is 1. The van der Waals surface area contributed by atoms with Crippen molar-refractivity contribution in [3.63, 3.8) is 0 Å². The first-order valence-electron chi connectivity index (χ1n) is 6.19. The van der Waals surface area contributed by atoms with Crippen LogP contribution in [0.4, 0.5) is 5.69 Å². The van der Waals surface area contributed by atoms with Gasteiger partial charge in [0.05, 0.1) is 0 Å². The monoisotopic (exact) mass is 300 g/mol. The molecule has 0 aromatic heterocycles. The van der Waals surface area contributed by atoms with Gasteiger partial charge in [-0.3, -0.25) is 9.59 Å². The molecule has 0 aliphatic heterocycles. The lowest BCUT2D eigenvalue weighted by Crippen LogP contribution is -2.12. The van der Waals surface area contributed by atoms with Crippen LogP contribution >= 0.6 is 11.6 Å². The number of halogens is 1. The summed E-state index contributed by atoms with van der Waals surface area (Å²) in [6.45, 7) is 0. The molecule has 0 unspecified atom stereocenters. The number of hydrogen-bond acceptors (Lipinski definition) is 2. The minimum atomic E-state index is -0.539. The molecule has 2 rings (SSSR count). The largest absolute Gasteiger partial charge is 0.366 e. The fourth-order valence-corrected chi connectivity index (χ4v) is 1.81. The summed E-state index contributed by atoms with van der Waals surface area (Å²) < 4.78 is 0. The average molecular weight is 301 g/mol. The number of nitrogens with two attached hydrogens (primary N) is 1. The topological polar surface area (TPSA) is 72.2 Å². The van der Waals surface area contributed by atoms with E-state index in [4.69, 9.17) is 17.3 Å². The predicted octanol–water partition coefficient (Wildman–Crippen LogP) is 3.09. The molecule has 0 heterocycles. The van der Waals surface area contributed by atoms with Gasteiger partial charge >= 0.3 is 0 Å². The average Bonchev–Trinajstić information content (AvgIpc) is 2.47. The molecule has 2 aromatic rings. The molecule has 5 heteroatoms. The second-order valence-electron chi connectivity index (χ2n) is 4.32. The van der Waals surface area contributed by atoms with Crippen LogP contribution in [0.25, 0.3) is 6.08 Å². The van der Waals surface area contributed by atoms with Crippen LogP contribution in [-0.2, 0) is 4.79 Å². The van der Waals surface area contributed by atoms with Crippen molar-refractivity contribution < 1.29 is 9.59 Å². The van der Waals surface area contributed by atoms with Gasteiger partial charge in [-0.25, -0.2) is 0 Å². The van der Waals surface area contributed by atoms with E-state index in [1.165, 1.54) is 12.1 Å². The number of hydrogen-bond donors (Lipinski definition) is 2. The van der Waals surface area contributed by atoms with Gasteiger partial charge in [0.15, 0.2) is 0 Å². The zero-order chi connectivity index (χ0) is 15.2. The Bertz CT molecular complexity index is 694. The number of primary amides is 1. The van der Waals surface area contributed by atoms with Crippen LogP contribution in [0.1, 0.15) is 15.9 Å². The van der Waals surface area contributed by atoms with E-state index in [0.717, 1.165) is 5.56 Å². The van der Waals surface area contributed by atoms with Crippen LogP contribution in [-0.4, -0.2) is 11.8 Å². The van der Waals surface area contributed by atoms with E-state index in [1.807, 2.05) is 0 Å². The molecule has 2 amide bonds. The van der Waals surface area contributed by atoms with E-state index < -0.39 is 5.91 Å². The molecule has 2 aromatic carbocycles. The summed E-state index contributed by atoms with van der Waals surface area (Å²) in [5.41, 5.74) is 6.90. The maximum atomic E-state index is 11.8. The normalized spacial score (nSPS) is 10.5. The summed E-state index contributed by atoms with van der Waals surface area (Å²) in [5.74, 6) is -0.839. The molecule has 3 N–H and O–H groups in total. The van der Waals surface area contributed by atoms with E-state index >= 15 is 0 Å². The second-order valence-corrected chi connectivity index (χ2v) is 4.76. The van der Waals surface area contributed by atoms with Crippen LogP contribution < -0.4 is 11.1 Å². The summed E-state index contributed by atoms with van der Waals surface area (Å²) in [5, 5.41) is 3.30. The highest BCUT2D eigenvalue weighted by molar-refractivity contribution is 6.30. The molecule has 0 aliphatic carbocycles.